The van der Waals surface area contributed by atoms with Gasteiger partial charge in [-0.3, -0.25) is 14.2 Å². The van der Waals surface area contributed by atoms with Crippen molar-refractivity contribution in [2.45, 2.75) is 53.0 Å². The van der Waals surface area contributed by atoms with E-state index in [2.05, 4.69) is 30.9 Å². The van der Waals surface area contributed by atoms with Gasteiger partial charge in [-0.15, -0.1) is 26.3 Å². The molecule has 0 aliphatic carbocycles. The lowest BCUT2D eigenvalue weighted by Crippen LogP contribution is -2.29. The van der Waals surface area contributed by atoms with Crippen molar-refractivity contribution in [3.8, 4) is 56.4 Å². The first-order chi connectivity index (χ1) is 39.6. The summed E-state index contributed by atoms with van der Waals surface area (Å²) < 4.78 is 132. The van der Waals surface area contributed by atoms with Crippen molar-refractivity contribution in [3.05, 3.63) is 208 Å². The Hall–Kier alpha value is -9.35. The van der Waals surface area contributed by atoms with E-state index in [-0.39, 0.29) is 39.8 Å². The van der Waals surface area contributed by atoms with Crippen LogP contribution in [0.2, 0.25) is 0 Å². The Morgan fingerprint density at radius 3 is 1.57 bits per heavy atom. The smallest absolute Gasteiger partial charge is 0.481 e. The van der Waals surface area contributed by atoms with E-state index in [1.54, 1.807) is 62.1 Å². The number of aromatic amines is 1. The van der Waals surface area contributed by atoms with E-state index < -0.39 is 25.6 Å². The van der Waals surface area contributed by atoms with Gasteiger partial charge in [0.1, 0.15) is 35.5 Å². The number of fused-ring (bicyclic) bond motifs is 3. The van der Waals surface area contributed by atoms with Crippen LogP contribution in [0.4, 0.5) is 45.2 Å². The highest BCUT2D eigenvalue weighted by atomic mass is 19.4. The van der Waals surface area contributed by atoms with E-state index in [0.29, 0.717) is 35.5 Å². The van der Waals surface area contributed by atoms with Gasteiger partial charge in [-0.2, -0.15) is 0 Å². The number of halogens is 9. The summed E-state index contributed by atoms with van der Waals surface area (Å²) >= 11 is 0. The third kappa shape index (κ3) is 14.2. The lowest BCUT2D eigenvalue weighted by atomic mass is 9.80. The molecule has 0 spiro atoms. The van der Waals surface area contributed by atoms with Crippen molar-refractivity contribution in [3.63, 3.8) is 0 Å². The zero-order valence-electron chi connectivity index (χ0n) is 44.6. The molecule has 0 radical (unpaired) electrons. The van der Waals surface area contributed by atoms with Crippen molar-refractivity contribution in [2.75, 3.05) is 13.7 Å². The fraction of sp³-hybridized carbons (Fsp3) is 0.167. The van der Waals surface area contributed by atoms with E-state index in [4.69, 9.17) is 14.8 Å². The molecule has 5 aromatic heterocycles. The minimum Gasteiger partial charge on any atom is -0.481 e. The Morgan fingerprint density at radius 2 is 1.10 bits per heavy atom. The zero-order valence-corrected chi connectivity index (χ0v) is 44.6. The molecule has 83 heavy (non-hydrogen) atoms. The molecule has 6 heterocycles. The molecule has 0 amide bonds. The number of methoxy groups -OCH3 is 1. The number of hydrogen-bond acceptors (Lipinski definition) is 8. The number of hydrogen-bond donors (Lipinski definition) is 3. The second kappa shape index (κ2) is 25.6. The fourth-order valence-corrected chi connectivity index (χ4v) is 9.25. The van der Waals surface area contributed by atoms with Crippen LogP contribution in [0.1, 0.15) is 26.3 Å². The lowest BCUT2D eigenvalue weighted by molar-refractivity contribution is -0.427. The molecule has 0 bridgehead atoms. The molecule has 1 aliphatic heterocycles. The number of alkyl halides is 6. The van der Waals surface area contributed by atoms with Crippen LogP contribution < -0.4 is 30.8 Å². The van der Waals surface area contributed by atoms with E-state index in [9.17, 15) is 49.1 Å². The molecule has 0 unspecified atom stereocenters. The molecule has 11 rings (SSSR count). The lowest BCUT2D eigenvalue weighted by Gasteiger charge is -2.13. The number of rotatable bonds is 11. The second-order valence-corrected chi connectivity index (χ2v) is 18.2. The molecule has 1 aliphatic rings. The molecule has 10 aromatic rings. The molecule has 0 atom stereocenters. The Labute approximate surface area is 468 Å². The fourth-order valence-electron chi connectivity index (χ4n) is 9.25. The number of H-pyrrole nitrogens is 1. The number of aryl methyl sites for hydroxylation is 2. The first-order valence-electron chi connectivity index (χ1n) is 25.6. The number of ether oxygens (including phenoxy) is 3. The van der Waals surface area contributed by atoms with Gasteiger partial charge in [0.25, 0.3) is 11.1 Å². The predicted molar refractivity (Wildman–Crippen MR) is 298 cm³/mol. The van der Waals surface area contributed by atoms with Gasteiger partial charge < -0.3 is 38.4 Å². The van der Waals surface area contributed by atoms with Gasteiger partial charge in [-0.25, -0.2) is 22.7 Å². The molecule has 0 fully saturated rings. The van der Waals surface area contributed by atoms with Crippen LogP contribution in [-0.4, -0.2) is 78.0 Å². The van der Waals surface area contributed by atoms with Crippen LogP contribution in [0, 0.1) is 17.5 Å². The highest BCUT2D eigenvalue weighted by molar-refractivity contribution is 6.58. The Kier molecular flexibility index (Phi) is 18.5. The normalized spacial score (nSPS) is 11.8. The maximum Gasteiger partial charge on any atom is 0.573 e. The van der Waals surface area contributed by atoms with Gasteiger partial charge in [-0.1, -0.05) is 48.5 Å². The third-order valence-corrected chi connectivity index (χ3v) is 13.1. The summed E-state index contributed by atoms with van der Waals surface area (Å²) in [6, 6.07) is 31.9. The Morgan fingerprint density at radius 1 is 0.627 bits per heavy atom. The topological polar surface area (TPSA) is 149 Å². The monoisotopic (exact) mass is 1150 g/mol. The molecule has 3 N–H and O–H groups in total. The number of nitrogens with zero attached hydrogens (tertiary/aromatic N) is 5. The Balaban J connectivity index is 0.000000150. The first kappa shape index (κ1) is 59.8. The summed E-state index contributed by atoms with van der Waals surface area (Å²) in [6.45, 7) is 8.36. The number of pyridine rings is 3. The van der Waals surface area contributed by atoms with Crippen molar-refractivity contribution >= 4 is 46.3 Å². The molecule has 0 saturated carbocycles. The molecular weight excluding hydrogens is 1100 g/mol. The number of nitrogens with one attached hydrogen (secondary N) is 1. The summed E-state index contributed by atoms with van der Waals surface area (Å²) in [5.74, 6) is -1.04. The molecule has 5 aromatic carbocycles. The van der Waals surface area contributed by atoms with Crippen molar-refractivity contribution in [1.29, 1.82) is 0 Å². The van der Waals surface area contributed by atoms with E-state index in [1.807, 2.05) is 53.7 Å². The average Bonchev–Trinajstić information content (AvgIpc) is 2.97. The van der Waals surface area contributed by atoms with E-state index in [0.717, 1.165) is 105 Å². The summed E-state index contributed by atoms with van der Waals surface area (Å²) in [7, 11) is -0.0854. The van der Waals surface area contributed by atoms with Gasteiger partial charge in [0, 0.05) is 60.9 Å². The van der Waals surface area contributed by atoms with Crippen LogP contribution in [-0.2, 0) is 19.5 Å². The van der Waals surface area contributed by atoms with Crippen LogP contribution in [0.5, 0.6) is 17.4 Å². The van der Waals surface area contributed by atoms with E-state index >= 15 is 0 Å². The summed E-state index contributed by atoms with van der Waals surface area (Å²) in [4.78, 5) is 32.0. The summed E-state index contributed by atoms with van der Waals surface area (Å²) in [6.07, 6.45) is 1.84. The molecule has 23 heteroatoms. The molecule has 0 saturated heterocycles. The van der Waals surface area contributed by atoms with Crippen LogP contribution >= 0.6 is 0 Å². The maximum atomic E-state index is 13.4. The van der Waals surface area contributed by atoms with Gasteiger partial charge >= 0.3 is 19.8 Å². The second-order valence-electron chi connectivity index (χ2n) is 18.2. The highest BCUT2D eigenvalue weighted by Gasteiger charge is 2.33. The maximum absolute atomic E-state index is 13.4. The minimum absolute atomic E-state index is 0.0968. The van der Waals surface area contributed by atoms with Crippen LogP contribution in [0.25, 0.3) is 60.9 Å². The van der Waals surface area contributed by atoms with Gasteiger partial charge in [0.05, 0.1) is 46.5 Å². The van der Waals surface area contributed by atoms with Gasteiger partial charge in [0.2, 0.25) is 11.6 Å². The van der Waals surface area contributed by atoms with Gasteiger partial charge in [0.15, 0.2) is 6.21 Å². The SMILES string of the molecule is CC[N+]1=CCc2c1c(-c1ccc(F)cc1)cn(-c1ccc(OC(F)(F)F)cc1)c2=O.CCn1ccc2c(=O)[nH]cc(-c3ccc(F)cc3)c21.CCn1ccc2c(OC)ncc(-c3ccc(F)cc3)c21.OB(O)c1ccc(OC(F)(F)F)cc1. The molecule has 428 valence electrons. The standard InChI is InChI=1S/C22H17F4N2O2.C16H15FN2O.C15H13FN2O.C7H6BF3O3/c1-2-27-12-11-18-20(27)19(14-3-5-15(23)6-4-14)13-28(21(18)29)16-7-9-17(10-8-16)30-22(24,25)26;1-3-19-9-8-13-15(19)14(10-18-16(13)20-2)11-4-6-12(17)7-5-11;1-2-18-8-7-12-14(18)13(9-17-15(12)19)10-3-5-11(16)6-4-10;9-7(10,11)14-6-3-1-5(2-4-6)8(12)13/h3-10,12-13H,2,11H2,1H3;4-10H,3H2,1-2H3;3-9H,2H2,1H3,(H,17,19);1-4,12-13H/q+1;;;. The zero-order chi connectivity index (χ0) is 59.8. The average molecular weight is 1150 g/mol. The van der Waals surface area contributed by atoms with Gasteiger partial charge in [-0.05, 0) is 128 Å². The van der Waals surface area contributed by atoms with Crippen molar-refractivity contribution in [2.24, 2.45) is 0 Å². The molecule has 13 nitrogen and oxygen atoms in total. The largest absolute Gasteiger partial charge is 0.573 e. The minimum atomic E-state index is -4.79. The highest BCUT2D eigenvalue weighted by Crippen LogP contribution is 2.37. The van der Waals surface area contributed by atoms with Crippen molar-refractivity contribution in [1.82, 2.24) is 23.7 Å². The first-order valence-corrected chi connectivity index (χ1v) is 25.6. The van der Waals surface area contributed by atoms with Crippen molar-refractivity contribution < 1.29 is 68.3 Å². The number of benzene rings is 5. The van der Waals surface area contributed by atoms with Crippen LogP contribution in [0.3, 0.4) is 0 Å². The third-order valence-electron chi connectivity index (χ3n) is 13.1. The molecular formula is C60H51BF9N6O7+. The van der Waals surface area contributed by atoms with E-state index in [1.165, 1.54) is 53.1 Å². The predicted octanol–water partition coefficient (Wildman–Crippen LogP) is 12.1. The Bertz CT molecular complexity index is 4010. The number of aromatic nitrogens is 5. The van der Waals surface area contributed by atoms with Crippen LogP contribution in [0.15, 0.2) is 174 Å². The summed E-state index contributed by atoms with van der Waals surface area (Å²) in [5.41, 5.74) is 8.60. The summed E-state index contributed by atoms with van der Waals surface area (Å²) in [5, 5.41) is 18.9. The quantitative estimate of drug-likeness (QED) is 0.0659.